The summed E-state index contributed by atoms with van der Waals surface area (Å²) in [5.41, 5.74) is 22.3. The Morgan fingerprint density at radius 1 is 0.489 bits per heavy atom. The number of aryl methyl sites for hydroxylation is 1. The molecule has 0 unspecified atom stereocenters. The lowest BCUT2D eigenvalue weighted by Gasteiger charge is -2.07. The van der Waals surface area contributed by atoms with E-state index in [0.717, 1.165) is 103 Å². The number of anilines is 1. The van der Waals surface area contributed by atoms with Crippen molar-refractivity contribution in [1.29, 1.82) is 0 Å². The fraction of sp³-hybridized carbons (Fsp3) is 0.0952. The molecule has 3 aromatic carbocycles. The molecule has 0 radical (unpaired) electrons. The molecule has 0 aliphatic carbocycles. The van der Waals surface area contributed by atoms with Crippen molar-refractivity contribution >= 4 is 52.1 Å². The van der Waals surface area contributed by atoms with Crippen LogP contribution in [0.15, 0.2) is 109 Å². The van der Waals surface area contributed by atoms with Crippen LogP contribution in [0.25, 0.3) is 79.8 Å². The number of nitrogens with one attached hydrogen (secondary N) is 2. The van der Waals surface area contributed by atoms with Crippen molar-refractivity contribution in [2.45, 2.75) is 26.2 Å². The van der Waals surface area contributed by atoms with Gasteiger partial charge in [0.1, 0.15) is 0 Å². The number of nitrogens with zero attached hydrogens (tertiary/aromatic N) is 2. The van der Waals surface area contributed by atoms with E-state index in [1.54, 1.807) is 0 Å². The van der Waals surface area contributed by atoms with Crippen LogP contribution in [-0.2, 0) is 6.42 Å². The molecular weight excluding hydrogens is 574 g/mol. The van der Waals surface area contributed by atoms with Crippen LogP contribution in [0.2, 0.25) is 0 Å². The number of fused-ring (bicyclic) bond motifs is 8. The lowest BCUT2D eigenvalue weighted by atomic mass is 10.0. The highest BCUT2D eigenvalue weighted by molar-refractivity contribution is 5.97. The summed E-state index contributed by atoms with van der Waals surface area (Å²) in [6, 6.07) is 37.7. The molecule has 47 heavy (non-hydrogen) atoms. The standard InChI is InChI=1S/C42H35N5/c1-2-3-14-31-32-19-21-34(44-32)40(27-10-6-4-7-11-27)36-23-25-38(46-36)42(29-15-17-30(43)18-16-29)39-26-24-37(47-39)41(28-12-8-5-9-13-28)35-22-20-33(31)45-35/h4-13,15-26,44,47H,2-3,14,43H2,1H3. The van der Waals surface area contributed by atoms with Crippen molar-refractivity contribution in [3.8, 4) is 33.4 Å². The highest BCUT2D eigenvalue weighted by Gasteiger charge is 2.18. The van der Waals surface area contributed by atoms with Gasteiger partial charge in [-0.2, -0.15) is 0 Å². The molecule has 0 fully saturated rings. The van der Waals surface area contributed by atoms with Gasteiger partial charge in [-0.3, -0.25) is 0 Å². The van der Waals surface area contributed by atoms with E-state index in [1.165, 1.54) is 5.56 Å². The summed E-state index contributed by atoms with van der Waals surface area (Å²) in [5, 5.41) is 0. The second-order valence-electron chi connectivity index (χ2n) is 12.1. The Labute approximate surface area is 274 Å². The van der Waals surface area contributed by atoms with E-state index < -0.39 is 0 Å². The number of benzene rings is 3. The Hall–Kier alpha value is -5.94. The van der Waals surface area contributed by atoms with Gasteiger partial charge in [0.15, 0.2) is 0 Å². The van der Waals surface area contributed by atoms with E-state index >= 15 is 0 Å². The van der Waals surface area contributed by atoms with Gasteiger partial charge < -0.3 is 15.7 Å². The van der Waals surface area contributed by atoms with Crippen LogP contribution < -0.4 is 5.73 Å². The van der Waals surface area contributed by atoms with Crippen molar-refractivity contribution in [3.63, 3.8) is 0 Å². The highest BCUT2D eigenvalue weighted by atomic mass is 14.8. The largest absolute Gasteiger partial charge is 0.399 e. The molecular formula is C42H35N5. The monoisotopic (exact) mass is 609 g/mol. The molecule has 6 aromatic rings. The van der Waals surface area contributed by atoms with Gasteiger partial charge in [-0.15, -0.1) is 0 Å². The number of unbranched alkanes of at least 4 members (excludes halogenated alkanes) is 1. The van der Waals surface area contributed by atoms with Crippen LogP contribution in [0.3, 0.4) is 0 Å². The zero-order valence-electron chi connectivity index (χ0n) is 26.3. The zero-order chi connectivity index (χ0) is 31.7. The van der Waals surface area contributed by atoms with Crippen molar-refractivity contribution in [3.05, 3.63) is 138 Å². The molecule has 0 saturated heterocycles. The second-order valence-corrected chi connectivity index (χ2v) is 12.1. The Morgan fingerprint density at radius 2 is 0.915 bits per heavy atom. The maximum Gasteiger partial charge on any atom is 0.0737 e. The molecule has 0 spiro atoms. The molecule has 0 amide bonds. The van der Waals surface area contributed by atoms with Crippen LogP contribution >= 0.6 is 0 Å². The molecule has 3 aromatic heterocycles. The van der Waals surface area contributed by atoms with Crippen LogP contribution in [-0.4, -0.2) is 19.9 Å². The van der Waals surface area contributed by atoms with E-state index in [0.29, 0.717) is 0 Å². The number of aromatic amines is 2. The van der Waals surface area contributed by atoms with Gasteiger partial charge in [-0.05, 0) is 90.2 Å². The summed E-state index contributed by atoms with van der Waals surface area (Å²) in [4.78, 5) is 18.2. The predicted molar refractivity (Wildman–Crippen MR) is 198 cm³/mol. The minimum Gasteiger partial charge on any atom is -0.399 e. The average Bonchev–Trinajstić information content (AvgIpc) is 3.94. The smallest absolute Gasteiger partial charge is 0.0737 e. The Kier molecular flexibility index (Phi) is 7.35. The van der Waals surface area contributed by atoms with Crippen LogP contribution in [0.1, 0.15) is 48.1 Å². The molecule has 228 valence electrons. The summed E-state index contributed by atoms with van der Waals surface area (Å²) < 4.78 is 0. The molecule has 4 N–H and O–H groups in total. The van der Waals surface area contributed by atoms with E-state index in [1.807, 2.05) is 12.1 Å². The number of hydrogen-bond donors (Lipinski definition) is 3. The zero-order valence-corrected chi connectivity index (χ0v) is 26.3. The Balaban J connectivity index is 1.55. The first kappa shape index (κ1) is 28.5. The Bertz CT molecular complexity index is 2290. The van der Waals surface area contributed by atoms with Crippen molar-refractivity contribution in [2.24, 2.45) is 0 Å². The van der Waals surface area contributed by atoms with Crippen molar-refractivity contribution in [1.82, 2.24) is 19.9 Å². The van der Waals surface area contributed by atoms with E-state index in [2.05, 4.69) is 138 Å². The van der Waals surface area contributed by atoms with E-state index in [-0.39, 0.29) is 0 Å². The molecule has 8 bridgehead atoms. The van der Waals surface area contributed by atoms with Crippen LogP contribution in [0.4, 0.5) is 5.69 Å². The minimum absolute atomic E-state index is 0.723. The number of hydrogen-bond acceptors (Lipinski definition) is 3. The number of H-pyrrole nitrogens is 2. The normalized spacial score (nSPS) is 12.1. The maximum atomic E-state index is 6.13. The summed E-state index contributed by atoms with van der Waals surface area (Å²) in [7, 11) is 0. The molecule has 5 nitrogen and oxygen atoms in total. The molecule has 5 heteroatoms. The summed E-state index contributed by atoms with van der Waals surface area (Å²) in [6.07, 6.45) is 11.7. The third-order valence-corrected chi connectivity index (χ3v) is 8.97. The minimum atomic E-state index is 0.723. The lowest BCUT2D eigenvalue weighted by Crippen LogP contribution is -1.92. The van der Waals surface area contributed by atoms with Gasteiger partial charge in [0.05, 0.1) is 22.8 Å². The molecule has 8 rings (SSSR count). The fourth-order valence-corrected chi connectivity index (χ4v) is 6.65. The first-order chi connectivity index (χ1) is 23.2. The fourth-order valence-electron chi connectivity index (χ4n) is 6.65. The van der Waals surface area contributed by atoms with Crippen LogP contribution in [0.5, 0.6) is 0 Å². The highest BCUT2D eigenvalue weighted by Crippen LogP contribution is 2.37. The topological polar surface area (TPSA) is 83.4 Å². The van der Waals surface area contributed by atoms with Gasteiger partial charge in [0.25, 0.3) is 0 Å². The first-order valence-electron chi connectivity index (χ1n) is 16.3. The lowest BCUT2D eigenvalue weighted by molar-refractivity contribution is 0.795. The molecule has 0 saturated carbocycles. The summed E-state index contributed by atoms with van der Waals surface area (Å²) in [5.74, 6) is 0. The van der Waals surface area contributed by atoms with Gasteiger partial charge in [0.2, 0.25) is 0 Å². The maximum absolute atomic E-state index is 6.13. The predicted octanol–water partition coefficient (Wildman–Crippen LogP) is 10.6. The van der Waals surface area contributed by atoms with E-state index in [4.69, 9.17) is 15.7 Å². The molecule has 2 aliphatic rings. The number of nitrogen functional groups attached to an aromatic ring is 1. The number of rotatable bonds is 6. The van der Waals surface area contributed by atoms with E-state index in [9.17, 15) is 0 Å². The van der Waals surface area contributed by atoms with Crippen molar-refractivity contribution < 1.29 is 0 Å². The van der Waals surface area contributed by atoms with Gasteiger partial charge in [-0.1, -0.05) is 86.1 Å². The summed E-state index contributed by atoms with van der Waals surface area (Å²) in [6.45, 7) is 2.24. The SMILES string of the molecule is CCCCc1c2nc(c(-c3ccccc3)c3ccc([nH]3)c(-c3ccc(N)cc3)c3nc(c(-c4ccccc4)c4ccc1[nH]4)C=C3)C=C2. The quantitative estimate of drug-likeness (QED) is 0.164. The number of aromatic nitrogens is 4. The van der Waals surface area contributed by atoms with Crippen LogP contribution in [0, 0.1) is 0 Å². The summed E-state index contributed by atoms with van der Waals surface area (Å²) >= 11 is 0. The van der Waals surface area contributed by atoms with Gasteiger partial charge >= 0.3 is 0 Å². The average molecular weight is 610 g/mol. The third-order valence-electron chi connectivity index (χ3n) is 8.97. The third kappa shape index (κ3) is 5.36. The molecule has 5 heterocycles. The Morgan fingerprint density at radius 3 is 1.43 bits per heavy atom. The molecule has 0 atom stereocenters. The first-order valence-corrected chi connectivity index (χ1v) is 16.3. The van der Waals surface area contributed by atoms with Gasteiger partial charge in [-0.25, -0.2) is 9.97 Å². The van der Waals surface area contributed by atoms with Crippen molar-refractivity contribution in [2.75, 3.05) is 5.73 Å². The van der Waals surface area contributed by atoms with Gasteiger partial charge in [0, 0.05) is 50.0 Å². The number of nitrogens with two attached hydrogens (primary N) is 1. The molecule has 2 aliphatic heterocycles. The second kappa shape index (κ2) is 12.1.